The molecule has 40 heavy (non-hydrogen) atoms. The third kappa shape index (κ3) is 6.03. The van der Waals surface area contributed by atoms with Gasteiger partial charge in [0.15, 0.2) is 11.4 Å². The summed E-state index contributed by atoms with van der Waals surface area (Å²) in [6.07, 6.45) is 5.12. The van der Waals surface area contributed by atoms with Crippen LogP contribution in [-0.2, 0) is 4.74 Å². The van der Waals surface area contributed by atoms with Gasteiger partial charge in [0.2, 0.25) is 0 Å². The van der Waals surface area contributed by atoms with Gasteiger partial charge >= 0.3 is 5.97 Å². The highest BCUT2D eigenvalue weighted by Crippen LogP contribution is 2.34. The molecule has 9 nitrogen and oxygen atoms in total. The van der Waals surface area contributed by atoms with E-state index in [2.05, 4.69) is 37.9 Å². The van der Waals surface area contributed by atoms with Crippen molar-refractivity contribution in [2.24, 2.45) is 5.92 Å². The van der Waals surface area contributed by atoms with Crippen LogP contribution >= 0.6 is 0 Å². The predicted octanol–water partition coefficient (Wildman–Crippen LogP) is 5.36. The Morgan fingerprint density at radius 2 is 1.80 bits per heavy atom. The van der Waals surface area contributed by atoms with Gasteiger partial charge in [-0.3, -0.25) is 4.79 Å². The monoisotopic (exact) mass is 551 g/mol. The van der Waals surface area contributed by atoms with Crippen LogP contribution in [0.25, 0.3) is 0 Å². The molecule has 218 valence electrons. The molecule has 0 aromatic carbocycles. The van der Waals surface area contributed by atoms with Crippen molar-refractivity contribution in [1.29, 1.82) is 0 Å². The van der Waals surface area contributed by atoms with Crippen LogP contribution in [0.3, 0.4) is 0 Å². The van der Waals surface area contributed by atoms with Gasteiger partial charge in [0, 0.05) is 32.2 Å². The Kier molecular flexibility index (Phi) is 8.90. The summed E-state index contributed by atoms with van der Waals surface area (Å²) in [4.78, 5) is 39.9. The minimum absolute atomic E-state index is 0.132. The molecule has 3 heterocycles. The molecule has 1 aliphatic heterocycles. The van der Waals surface area contributed by atoms with Crippen molar-refractivity contribution < 1.29 is 19.1 Å². The molecule has 1 saturated heterocycles. The number of hydrogen-bond donors (Lipinski definition) is 1. The molecule has 2 fully saturated rings. The lowest BCUT2D eigenvalue weighted by atomic mass is 9.97. The van der Waals surface area contributed by atoms with Crippen LogP contribution in [0.15, 0.2) is 12.1 Å². The largest absolute Gasteiger partial charge is 0.494 e. The summed E-state index contributed by atoms with van der Waals surface area (Å²) >= 11 is 0. The number of hydrogen-bond acceptors (Lipinski definition) is 8. The second-order valence-corrected chi connectivity index (χ2v) is 12.1. The van der Waals surface area contributed by atoms with Crippen LogP contribution in [0.2, 0.25) is 0 Å². The van der Waals surface area contributed by atoms with E-state index in [9.17, 15) is 9.59 Å². The molecular formula is C31H45N5O4. The molecule has 0 radical (unpaired) electrons. The molecule has 1 amide bonds. The van der Waals surface area contributed by atoms with E-state index < -0.39 is 5.54 Å². The number of ether oxygens (including phenoxy) is 2. The van der Waals surface area contributed by atoms with Crippen molar-refractivity contribution in [2.45, 2.75) is 78.7 Å². The van der Waals surface area contributed by atoms with Crippen LogP contribution in [-0.4, -0.2) is 72.7 Å². The van der Waals surface area contributed by atoms with Crippen molar-refractivity contribution >= 4 is 23.4 Å². The van der Waals surface area contributed by atoms with Gasteiger partial charge in [-0.25, -0.2) is 14.8 Å². The molecule has 2 aromatic heterocycles. The van der Waals surface area contributed by atoms with Crippen LogP contribution in [0.1, 0.15) is 97.1 Å². The Bertz CT molecular complexity index is 1230. The number of carbonyl (C=O) groups is 2. The van der Waals surface area contributed by atoms with Crippen LogP contribution in [0.5, 0.6) is 5.75 Å². The lowest BCUT2D eigenvalue weighted by Crippen LogP contribution is -2.61. The molecule has 0 bridgehead atoms. The lowest BCUT2D eigenvalue weighted by molar-refractivity contribution is 0.0502. The summed E-state index contributed by atoms with van der Waals surface area (Å²) in [5, 5.41) is 3.61. The summed E-state index contributed by atoms with van der Waals surface area (Å²) < 4.78 is 10.6. The first kappa shape index (κ1) is 29.6. The van der Waals surface area contributed by atoms with Crippen molar-refractivity contribution in [3.05, 3.63) is 40.3 Å². The lowest BCUT2D eigenvalue weighted by Gasteiger charge is -2.47. The topological polar surface area (TPSA) is 96.9 Å². The van der Waals surface area contributed by atoms with E-state index in [1.165, 1.54) is 32.8 Å². The van der Waals surface area contributed by atoms with E-state index in [0.717, 1.165) is 29.3 Å². The quantitative estimate of drug-likeness (QED) is 0.438. The van der Waals surface area contributed by atoms with Crippen LogP contribution in [0, 0.1) is 19.8 Å². The van der Waals surface area contributed by atoms with Gasteiger partial charge < -0.3 is 24.6 Å². The van der Waals surface area contributed by atoms with E-state index in [-0.39, 0.29) is 17.8 Å². The normalized spacial score (nSPS) is 17.3. The highest BCUT2D eigenvalue weighted by Gasteiger charge is 2.39. The van der Waals surface area contributed by atoms with Crippen molar-refractivity contribution in [3.63, 3.8) is 0 Å². The van der Waals surface area contributed by atoms with Crippen molar-refractivity contribution in [1.82, 2.24) is 14.9 Å². The number of nitrogens with zero attached hydrogens (tertiary/aromatic N) is 4. The molecule has 0 unspecified atom stereocenters. The van der Waals surface area contributed by atoms with Crippen molar-refractivity contribution in [3.8, 4) is 5.75 Å². The van der Waals surface area contributed by atoms with Crippen LogP contribution < -0.4 is 15.0 Å². The fourth-order valence-electron chi connectivity index (χ4n) is 6.11. The van der Waals surface area contributed by atoms with E-state index in [1.54, 1.807) is 7.11 Å². The second kappa shape index (κ2) is 12.0. The molecule has 1 aliphatic carbocycles. The highest BCUT2D eigenvalue weighted by molar-refractivity contribution is 5.96. The number of pyridine rings is 2. The highest BCUT2D eigenvalue weighted by atomic mass is 16.5. The number of methoxy groups -OCH3 is 2. The summed E-state index contributed by atoms with van der Waals surface area (Å²) in [6, 6.07) is 3.87. The summed E-state index contributed by atoms with van der Waals surface area (Å²) in [6.45, 7) is 14.7. The minimum atomic E-state index is -0.496. The number of esters is 1. The number of nitrogens with one attached hydrogen (secondary N) is 1. The molecule has 1 N–H and O–H groups in total. The number of aromatic nitrogens is 2. The molecule has 2 aliphatic rings. The molecule has 4 rings (SSSR count). The average molecular weight is 552 g/mol. The van der Waals surface area contributed by atoms with Gasteiger partial charge in [0.05, 0.1) is 42.4 Å². The number of rotatable bonds is 8. The van der Waals surface area contributed by atoms with Gasteiger partial charge in [0.25, 0.3) is 5.91 Å². The number of carbonyl (C=O) groups excluding carboxylic acids is 2. The first-order chi connectivity index (χ1) is 19.0. The minimum Gasteiger partial charge on any atom is -0.494 e. The standard InChI is InChI=1S/C31H45N5O4/c1-19(2)27-23(32-17-22-11-9-10-12-22)16-24(39-7)28(34-27)29(37)36-14-13-35(18-31(36,5)6)25-15-20(3)26(21(4)33-25)30(38)40-8/h15-16,19,22,32H,9-14,17-18H2,1-8H3. The van der Waals surface area contributed by atoms with Crippen LogP contribution in [0.4, 0.5) is 11.5 Å². The smallest absolute Gasteiger partial charge is 0.339 e. The van der Waals surface area contributed by atoms with Gasteiger partial charge in [-0.2, -0.15) is 0 Å². The fraction of sp³-hybridized carbons (Fsp3) is 0.613. The van der Waals surface area contributed by atoms with E-state index >= 15 is 0 Å². The molecule has 9 heteroatoms. The van der Waals surface area contributed by atoms with Gasteiger partial charge in [-0.15, -0.1) is 0 Å². The Balaban J connectivity index is 1.57. The second-order valence-electron chi connectivity index (χ2n) is 12.1. The third-order valence-electron chi connectivity index (χ3n) is 8.29. The maximum absolute atomic E-state index is 14.0. The van der Waals surface area contributed by atoms with E-state index in [1.807, 2.05) is 30.9 Å². The zero-order valence-corrected chi connectivity index (χ0v) is 25.4. The molecule has 1 saturated carbocycles. The number of amides is 1. The van der Waals surface area contributed by atoms with Crippen molar-refractivity contribution in [2.75, 3.05) is 50.6 Å². The Morgan fingerprint density at radius 3 is 2.38 bits per heavy atom. The number of anilines is 2. The molecule has 2 aromatic rings. The van der Waals surface area contributed by atoms with Gasteiger partial charge in [-0.05, 0) is 64.0 Å². The number of piperazine rings is 1. The number of aryl methyl sites for hydroxylation is 2. The first-order valence-corrected chi connectivity index (χ1v) is 14.4. The summed E-state index contributed by atoms with van der Waals surface area (Å²) in [7, 11) is 2.98. The molecular weight excluding hydrogens is 506 g/mol. The van der Waals surface area contributed by atoms with E-state index in [4.69, 9.17) is 19.4 Å². The SMILES string of the molecule is COC(=O)c1c(C)cc(N2CCN(C(=O)c3nc(C(C)C)c(NCC4CCCC4)cc3OC)C(C)(C)C2)nc1C. The van der Waals surface area contributed by atoms with Gasteiger partial charge in [0.1, 0.15) is 5.82 Å². The molecule has 0 spiro atoms. The maximum atomic E-state index is 14.0. The first-order valence-electron chi connectivity index (χ1n) is 14.4. The Morgan fingerprint density at radius 1 is 1.10 bits per heavy atom. The van der Waals surface area contributed by atoms with E-state index in [0.29, 0.717) is 48.3 Å². The summed E-state index contributed by atoms with van der Waals surface area (Å²) in [5.41, 5.74) is 3.65. The maximum Gasteiger partial charge on any atom is 0.339 e. The zero-order chi connectivity index (χ0) is 29.2. The van der Waals surface area contributed by atoms with Gasteiger partial charge in [-0.1, -0.05) is 26.7 Å². The predicted molar refractivity (Wildman–Crippen MR) is 158 cm³/mol. The molecule has 0 atom stereocenters. The summed E-state index contributed by atoms with van der Waals surface area (Å²) in [5.74, 6) is 1.60. The third-order valence-corrected chi connectivity index (χ3v) is 8.29. The Hall–Kier alpha value is -3.36. The zero-order valence-electron chi connectivity index (χ0n) is 25.4. The average Bonchev–Trinajstić information content (AvgIpc) is 3.43. The Labute approximate surface area is 238 Å². The fourth-order valence-corrected chi connectivity index (χ4v) is 6.11.